The van der Waals surface area contributed by atoms with Crippen molar-refractivity contribution in [1.29, 1.82) is 0 Å². The quantitative estimate of drug-likeness (QED) is 0.880. The maximum Gasteiger partial charge on any atom is 0.184 e. The molecule has 3 rings (SSSR count). The molecule has 1 aromatic rings. The van der Waals surface area contributed by atoms with E-state index in [1.807, 2.05) is 30.3 Å². The molecule has 24 heavy (non-hydrogen) atoms. The van der Waals surface area contributed by atoms with E-state index >= 15 is 0 Å². The van der Waals surface area contributed by atoms with E-state index in [2.05, 4.69) is 18.7 Å². The van der Waals surface area contributed by atoms with Crippen LogP contribution in [-0.4, -0.2) is 67.5 Å². The molecule has 1 N–H and O–H groups in total. The topological polar surface area (TPSA) is 60.4 Å². The van der Waals surface area contributed by atoms with E-state index in [0.717, 1.165) is 18.7 Å². The van der Waals surface area contributed by atoms with E-state index in [0.29, 0.717) is 6.61 Å². The van der Waals surface area contributed by atoms with Crippen LogP contribution in [0.2, 0.25) is 0 Å². The summed E-state index contributed by atoms with van der Waals surface area (Å²) in [5, 5.41) is 11.0. The van der Waals surface area contributed by atoms with Gasteiger partial charge in [0.1, 0.15) is 18.3 Å². The van der Waals surface area contributed by atoms with Crippen LogP contribution >= 0.6 is 0 Å². The molecule has 0 bridgehead atoms. The first-order valence-corrected chi connectivity index (χ1v) is 8.62. The van der Waals surface area contributed by atoms with Gasteiger partial charge in [0.05, 0.1) is 12.6 Å². The first-order valence-electron chi connectivity index (χ1n) is 8.62. The fourth-order valence-corrected chi connectivity index (χ4v) is 3.59. The second kappa shape index (κ2) is 7.91. The normalized spacial score (nSPS) is 36.5. The number of aliphatic hydroxyl groups excluding tert-OH is 1. The van der Waals surface area contributed by atoms with Crippen molar-refractivity contribution in [1.82, 2.24) is 4.90 Å². The number of fused-ring (bicyclic) bond motifs is 1. The van der Waals surface area contributed by atoms with Crippen molar-refractivity contribution >= 4 is 0 Å². The summed E-state index contributed by atoms with van der Waals surface area (Å²) in [6.07, 6.45) is -2.47. The fourth-order valence-electron chi connectivity index (χ4n) is 3.59. The van der Waals surface area contributed by atoms with Crippen LogP contribution in [-0.2, 0) is 18.9 Å². The third-order valence-electron chi connectivity index (χ3n) is 4.87. The number of hydrogen-bond donors (Lipinski definition) is 1. The van der Waals surface area contributed by atoms with Gasteiger partial charge in [0.15, 0.2) is 12.6 Å². The Morgan fingerprint density at radius 1 is 1.17 bits per heavy atom. The van der Waals surface area contributed by atoms with E-state index in [-0.39, 0.29) is 12.1 Å². The van der Waals surface area contributed by atoms with Crippen LogP contribution in [0.15, 0.2) is 30.3 Å². The van der Waals surface area contributed by atoms with E-state index in [1.165, 1.54) is 0 Å². The highest BCUT2D eigenvalue weighted by molar-refractivity contribution is 5.16. The van der Waals surface area contributed by atoms with Gasteiger partial charge in [0.25, 0.3) is 0 Å². The van der Waals surface area contributed by atoms with Crippen molar-refractivity contribution in [3.8, 4) is 0 Å². The Balaban J connectivity index is 1.79. The molecule has 0 aromatic heterocycles. The summed E-state index contributed by atoms with van der Waals surface area (Å²) in [6, 6.07) is 9.50. The predicted molar refractivity (Wildman–Crippen MR) is 88.4 cm³/mol. The molecule has 0 spiro atoms. The third-order valence-corrected chi connectivity index (χ3v) is 4.87. The number of hydrogen-bond acceptors (Lipinski definition) is 6. The van der Waals surface area contributed by atoms with Crippen LogP contribution in [0, 0.1) is 0 Å². The highest BCUT2D eigenvalue weighted by atomic mass is 16.7. The van der Waals surface area contributed by atoms with E-state index in [1.54, 1.807) is 7.11 Å². The number of ether oxygens (including phenoxy) is 4. The molecule has 0 aliphatic carbocycles. The Labute approximate surface area is 143 Å². The number of methoxy groups -OCH3 is 1. The molecule has 0 radical (unpaired) electrons. The van der Waals surface area contributed by atoms with Crippen molar-refractivity contribution in [2.45, 2.75) is 50.8 Å². The smallest absolute Gasteiger partial charge is 0.184 e. The summed E-state index contributed by atoms with van der Waals surface area (Å²) in [5.74, 6) is 0. The van der Waals surface area contributed by atoms with Gasteiger partial charge in [-0.2, -0.15) is 0 Å². The molecular formula is C18H27NO5. The lowest BCUT2D eigenvalue weighted by molar-refractivity contribution is -0.350. The lowest BCUT2D eigenvalue weighted by atomic mass is 9.94. The van der Waals surface area contributed by atoms with Gasteiger partial charge in [0, 0.05) is 12.7 Å². The van der Waals surface area contributed by atoms with Gasteiger partial charge in [-0.1, -0.05) is 44.2 Å². The van der Waals surface area contributed by atoms with Gasteiger partial charge in [-0.25, -0.2) is 0 Å². The molecular weight excluding hydrogens is 310 g/mol. The summed E-state index contributed by atoms with van der Waals surface area (Å²) in [4.78, 5) is 2.14. The van der Waals surface area contributed by atoms with Crippen LogP contribution in [0.4, 0.5) is 0 Å². The lowest BCUT2D eigenvalue weighted by Crippen LogP contribution is -2.66. The fraction of sp³-hybridized carbons (Fsp3) is 0.667. The Hall–Kier alpha value is -1.02. The molecule has 2 heterocycles. The van der Waals surface area contributed by atoms with Gasteiger partial charge in [-0.3, -0.25) is 4.90 Å². The maximum absolute atomic E-state index is 11.0. The lowest BCUT2D eigenvalue weighted by Gasteiger charge is -2.50. The van der Waals surface area contributed by atoms with Crippen molar-refractivity contribution in [3.05, 3.63) is 35.9 Å². The molecule has 1 unspecified atom stereocenters. The molecule has 2 aliphatic heterocycles. The molecule has 2 saturated heterocycles. The second-order valence-corrected chi connectivity index (χ2v) is 6.16. The molecule has 2 aliphatic rings. The zero-order valence-electron chi connectivity index (χ0n) is 14.5. The average molecular weight is 337 g/mol. The maximum atomic E-state index is 11.0. The summed E-state index contributed by atoms with van der Waals surface area (Å²) in [7, 11) is 1.60. The summed E-state index contributed by atoms with van der Waals surface area (Å²) in [6.45, 7) is 6.10. The molecule has 6 heteroatoms. The summed E-state index contributed by atoms with van der Waals surface area (Å²) < 4.78 is 23.4. The van der Waals surface area contributed by atoms with Crippen molar-refractivity contribution in [2.75, 3.05) is 26.8 Å². The van der Waals surface area contributed by atoms with Crippen molar-refractivity contribution in [2.24, 2.45) is 0 Å². The van der Waals surface area contributed by atoms with E-state index in [9.17, 15) is 5.11 Å². The molecule has 6 nitrogen and oxygen atoms in total. The van der Waals surface area contributed by atoms with Crippen molar-refractivity contribution in [3.63, 3.8) is 0 Å². The predicted octanol–water partition coefficient (Wildman–Crippen LogP) is 1.54. The first-order chi connectivity index (χ1) is 11.7. The summed E-state index contributed by atoms with van der Waals surface area (Å²) in [5.41, 5.74) is 0.941. The standard InChI is InChI=1S/C18H27NO5/c1-4-19(5-2)14-15(20)16-13(23-18(14)21-3)11-22-17(24-16)12-9-7-6-8-10-12/h6-10,13-18,20H,4-5,11H2,1-3H3/t13-,14-,15-,16-,17?,18+/m1/s1. The molecule has 0 amide bonds. The van der Waals surface area contributed by atoms with Crippen LogP contribution in [0.5, 0.6) is 0 Å². The molecule has 134 valence electrons. The van der Waals surface area contributed by atoms with Crippen LogP contribution in [0.3, 0.4) is 0 Å². The highest BCUT2D eigenvalue weighted by Crippen LogP contribution is 2.35. The SMILES string of the molecule is CCN(CC)[C@H]1[C@@H](OC)O[C@@H]2COC(c3ccccc3)O[C@H]2[C@@H]1O. The van der Waals surface area contributed by atoms with Gasteiger partial charge in [-0.05, 0) is 13.1 Å². The second-order valence-electron chi connectivity index (χ2n) is 6.16. The van der Waals surface area contributed by atoms with E-state index < -0.39 is 24.8 Å². The van der Waals surface area contributed by atoms with Gasteiger partial charge >= 0.3 is 0 Å². The monoisotopic (exact) mass is 337 g/mol. The number of likely N-dealkylation sites (N-methyl/N-ethyl adjacent to an activating group) is 1. The Kier molecular flexibility index (Phi) is 5.86. The van der Waals surface area contributed by atoms with Crippen LogP contribution < -0.4 is 0 Å². The van der Waals surface area contributed by atoms with Gasteiger partial charge in [-0.15, -0.1) is 0 Å². The summed E-state index contributed by atoms with van der Waals surface area (Å²) >= 11 is 0. The number of rotatable bonds is 5. The average Bonchev–Trinajstić information content (AvgIpc) is 2.64. The largest absolute Gasteiger partial charge is 0.388 e. The Morgan fingerprint density at radius 3 is 2.50 bits per heavy atom. The van der Waals surface area contributed by atoms with Crippen LogP contribution in [0.25, 0.3) is 0 Å². The third kappa shape index (κ3) is 3.35. The van der Waals surface area contributed by atoms with Crippen LogP contribution in [0.1, 0.15) is 25.7 Å². The van der Waals surface area contributed by atoms with Gasteiger partial charge in [0.2, 0.25) is 0 Å². The molecule has 1 aromatic carbocycles. The number of nitrogens with zero attached hydrogens (tertiary/aromatic N) is 1. The molecule has 2 fully saturated rings. The molecule has 0 saturated carbocycles. The zero-order chi connectivity index (χ0) is 17.1. The minimum Gasteiger partial charge on any atom is -0.388 e. The number of benzene rings is 1. The zero-order valence-corrected chi connectivity index (χ0v) is 14.5. The first kappa shape index (κ1) is 17.8. The Morgan fingerprint density at radius 2 is 1.88 bits per heavy atom. The minimum absolute atomic E-state index is 0.263. The van der Waals surface area contributed by atoms with E-state index in [4.69, 9.17) is 18.9 Å². The number of aliphatic hydroxyl groups is 1. The Bertz CT molecular complexity index is 509. The molecule has 6 atom stereocenters. The minimum atomic E-state index is -0.705. The van der Waals surface area contributed by atoms with Gasteiger partial charge < -0.3 is 24.1 Å². The highest BCUT2D eigenvalue weighted by Gasteiger charge is 2.50. The van der Waals surface area contributed by atoms with Crippen molar-refractivity contribution < 1.29 is 24.1 Å².